The van der Waals surface area contributed by atoms with E-state index < -0.39 is 5.82 Å². The van der Waals surface area contributed by atoms with Gasteiger partial charge in [-0.3, -0.25) is 4.79 Å². The Balaban J connectivity index is 2.97. The SMILES string of the molecule is Cn1cnc2cc(F)c(Br)cc2c1=O. The molecule has 0 atom stereocenters. The van der Waals surface area contributed by atoms with Gasteiger partial charge in [-0.05, 0) is 22.0 Å². The summed E-state index contributed by atoms with van der Waals surface area (Å²) in [7, 11) is 1.60. The quantitative estimate of drug-likeness (QED) is 0.721. The van der Waals surface area contributed by atoms with Crippen molar-refractivity contribution in [2.45, 2.75) is 0 Å². The highest BCUT2D eigenvalue weighted by molar-refractivity contribution is 9.10. The third kappa shape index (κ3) is 1.33. The number of aryl methyl sites for hydroxylation is 1. The van der Waals surface area contributed by atoms with Crippen LogP contribution in [0.1, 0.15) is 0 Å². The fraction of sp³-hybridized carbons (Fsp3) is 0.111. The molecule has 1 aromatic carbocycles. The Labute approximate surface area is 87.3 Å². The Morgan fingerprint density at radius 2 is 2.21 bits per heavy atom. The maximum Gasteiger partial charge on any atom is 0.260 e. The van der Waals surface area contributed by atoms with E-state index in [0.29, 0.717) is 10.9 Å². The minimum absolute atomic E-state index is 0.185. The molecule has 0 aliphatic heterocycles. The van der Waals surface area contributed by atoms with Gasteiger partial charge >= 0.3 is 0 Å². The van der Waals surface area contributed by atoms with E-state index in [1.54, 1.807) is 7.05 Å². The smallest absolute Gasteiger partial charge is 0.260 e. The molecule has 0 amide bonds. The van der Waals surface area contributed by atoms with Crippen LogP contribution in [0, 0.1) is 5.82 Å². The molecule has 0 radical (unpaired) electrons. The van der Waals surface area contributed by atoms with Crippen molar-refractivity contribution in [2.75, 3.05) is 0 Å². The summed E-state index contributed by atoms with van der Waals surface area (Å²) in [6.45, 7) is 0. The number of hydrogen-bond donors (Lipinski definition) is 0. The van der Waals surface area contributed by atoms with Crippen LogP contribution in [0.4, 0.5) is 4.39 Å². The van der Waals surface area contributed by atoms with Crippen LogP contribution < -0.4 is 5.56 Å². The Bertz CT molecular complexity index is 564. The fourth-order valence-corrected chi connectivity index (χ4v) is 1.55. The minimum atomic E-state index is -0.418. The molecule has 0 bridgehead atoms. The summed E-state index contributed by atoms with van der Waals surface area (Å²) >= 11 is 3.02. The number of halogens is 2. The molecular weight excluding hydrogens is 251 g/mol. The molecule has 5 heteroatoms. The van der Waals surface area contributed by atoms with Gasteiger partial charge in [0.1, 0.15) is 5.82 Å². The highest BCUT2D eigenvalue weighted by Crippen LogP contribution is 2.19. The number of benzene rings is 1. The monoisotopic (exact) mass is 256 g/mol. The van der Waals surface area contributed by atoms with Gasteiger partial charge in [0, 0.05) is 13.1 Å². The van der Waals surface area contributed by atoms with E-state index in [2.05, 4.69) is 20.9 Å². The lowest BCUT2D eigenvalue weighted by Crippen LogP contribution is -2.16. The third-order valence-electron chi connectivity index (χ3n) is 1.96. The van der Waals surface area contributed by atoms with Gasteiger partial charge in [-0.1, -0.05) is 0 Å². The van der Waals surface area contributed by atoms with E-state index in [9.17, 15) is 9.18 Å². The highest BCUT2D eigenvalue weighted by atomic mass is 79.9. The van der Waals surface area contributed by atoms with E-state index in [4.69, 9.17) is 0 Å². The van der Waals surface area contributed by atoms with Gasteiger partial charge in [0.15, 0.2) is 0 Å². The first kappa shape index (κ1) is 9.33. The Hall–Kier alpha value is -1.23. The molecule has 1 aromatic heterocycles. The molecule has 1 heterocycles. The Morgan fingerprint density at radius 3 is 2.93 bits per heavy atom. The zero-order valence-corrected chi connectivity index (χ0v) is 8.88. The molecule has 0 spiro atoms. The minimum Gasteiger partial charge on any atom is -0.302 e. The van der Waals surface area contributed by atoms with Crippen LogP contribution in [0.5, 0.6) is 0 Å². The Kier molecular flexibility index (Phi) is 2.11. The normalized spacial score (nSPS) is 10.8. The number of aromatic nitrogens is 2. The van der Waals surface area contributed by atoms with Gasteiger partial charge in [-0.25, -0.2) is 9.37 Å². The topological polar surface area (TPSA) is 34.9 Å². The molecule has 14 heavy (non-hydrogen) atoms. The van der Waals surface area contributed by atoms with Crippen molar-refractivity contribution < 1.29 is 4.39 Å². The second kappa shape index (κ2) is 3.16. The van der Waals surface area contributed by atoms with Crippen LogP contribution in [0.3, 0.4) is 0 Å². The summed E-state index contributed by atoms with van der Waals surface area (Å²) in [5.41, 5.74) is 0.185. The standard InChI is InChI=1S/C9H6BrFN2O/c1-13-4-12-8-3-7(11)6(10)2-5(8)9(13)14/h2-4H,1H3. The Morgan fingerprint density at radius 1 is 1.50 bits per heavy atom. The lowest BCUT2D eigenvalue weighted by atomic mass is 10.2. The first-order valence-electron chi connectivity index (χ1n) is 3.90. The van der Waals surface area contributed by atoms with Crippen LogP contribution in [0.25, 0.3) is 10.9 Å². The molecule has 72 valence electrons. The number of hydrogen-bond acceptors (Lipinski definition) is 2. The van der Waals surface area contributed by atoms with Crippen LogP contribution in [0.2, 0.25) is 0 Å². The molecule has 3 nitrogen and oxygen atoms in total. The maximum absolute atomic E-state index is 13.1. The summed E-state index contributed by atoms with van der Waals surface area (Å²) in [6, 6.07) is 2.68. The molecule has 2 aromatic rings. The molecule has 0 aliphatic carbocycles. The van der Waals surface area contributed by atoms with Crippen LogP contribution in [-0.2, 0) is 7.05 Å². The average Bonchev–Trinajstić information content (AvgIpc) is 2.15. The number of fused-ring (bicyclic) bond motifs is 1. The molecule has 2 rings (SSSR count). The molecule has 0 fully saturated rings. The molecular formula is C9H6BrFN2O. The van der Waals surface area contributed by atoms with Crippen molar-refractivity contribution in [2.24, 2.45) is 7.05 Å². The van der Waals surface area contributed by atoms with Crippen LogP contribution >= 0.6 is 15.9 Å². The number of rotatable bonds is 0. The highest BCUT2D eigenvalue weighted by Gasteiger charge is 2.06. The van der Waals surface area contributed by atoms with Crippen molar-refractivity contribution >= 4 is 26.8 Å². The summed E-state index contributed by atoms with van der Waals surface area (Å²) in [4.78, 5) is 15.5. The summed E-state index contributed by atoms with van der Waals surface area (Å²) in [6.07, 6.45) is 1.37. The first-order chi connectivity index (χ1) is 6.59. The second-order valence-corrected chi connectivity index (χ2v) is 3.80. The largest absolute Gasteiger partial charge is 0.302 e. The van der Waals surface area contributed by atoms with Gasteiger partial charge in [0.25, 0.3) is 5.56 Å². The van der Waals surface area contributed by atoms with Crippen molar-refractivity contribution in [1.29, 1.82) is 0 Å². The molecule has 0 saturated heterocycles. The maximum atomic E-state index is 13.1. The summed E-state index contributed by atoms with van der Waals surface area (Å²) in [5.74, 6) is -0.418. The van der Waals surface area contributed by atoms with E-state index in [0.717, 1.165) is 0 Å². The fourth-order valence-electron chi connectivity index (χ4n) is 1.21. The van der Waals surface area contributed by atoms with Gasteiger partial charge in [0.05, 0.1) is 21.7 Å². The van der Waals surface area contributed by atoms with E-state index >= 15 is 0 Å². The van der Waals surface area contributed by atoms with Crippen molar-refractivity contribution in [3.63, 3.8) is 0 Å². The first-order valence-corrected chi connectivity index (χ1v) is 4.69. The molecule has 0 N–H and O–H groups in total. The lowest BCUT2D eigenvalue weighted by molar-refractivity contribution is 0.622. The third-order valence-corrected chi connectivity index (χ3v) is 2.57. The lowest BCUT2D eigenvalue weighted by Gasteiger charge is -2.01. The predicted molar refractivity (Wildman–Crippen MR) is 54.6 cm³/mol. The van der Waals surface area contributed by atoms with Gasteiger partial charge in [-0.2, -0.15) is 0 Å². The van der Waals surface area contributed by atoms with E-state index in [1.165, 1.54) is 23.0 Å². The van der Waals surface area contributed by atoms with Crippen molar-refractivity contribution in [3.8, 4) is 0 Å². The zero-order chi connectivity index (χ0) is 10.3. The van der Waals surface area contributed by atoms with Crippen LogP contribution in [-0.4, -0.2) is 9.55 Å². The van der Waals surface area contributed by atoms with Gasteiger partial charge < -0.3 is 4.57 Å². The van der Waals surface area contributed by atoms with Gasteiger partial charge in [-0.15, -0.1) is 0 Å². The van der Waals surface area contributed by atoms with Crippen molar-refractivity contribution in [3.05, 3.63) is 39.1 Å². The number of nitrogens with zero attached hydrogens (tertiary/aromatic N) is 2. The second-order valence-electron chi connectivity index (χ2n) is 2.94. The van der Waals surface area contributed by atoms with Gasteiger partial charge in [0.2, 0.25) is 0 Å². The molecule has 0 unspecified atom stereocenters. The molecule has 0 saturated carbocycles. The average molecular weight is 257 g/mol. The molecule has 0 aliphatic rings. The summed E-state index contributed by atoms with van der Waals surface area (Å²) < 4.78 is 14.7. The predicted octanol–water partition coefficient (Wildman–Crippen LogP) is 1.84. The van der Waals surface area contributed by atoms with E-state index in [-0.39, 0.29) is 10.0 Å². The zero-order valence-electron chi connectivity index (χ0n) is 7.29. The summed E-state index contributed by atoms with van der Waals surface area (Å²) in [5, 5.41) is 0.406. The van der Waals surface area contributed by atoms with Crippen molar-refractivity contribution in [1.82, 2.24) is 9.55 Å². The van der Waals surface area contributed by atoms with E-state index in [1.807, 2.05) is 0 Å². The van der Waals surface area contributed by atoms with Crippen LogP contribution in [0.15, 0.2) is 27.7 Å².